The lowest BCUT2D eigenvalue weighted by atomic mass is 10.1. The maximum absolute atomic E-state index is 13.0. The minimum absolute atomic E-state index is 0.00547. The molecule has 0 aliphatic rings. The predicted octanol–water partition coefficient (Wildman–Crippen LogP) is 8.17. The first-order valence-electron chi connectivity index (χ1n) is 15.3. The summed E-state index contributed by atoms with van der Waals surface area (Å²) in [5, 5.41) is 0. The summed E-state index contributed by atoms with van der Waals surface area (Å²) >= 11 is 0. The number of ether oxygens (including phenoxy) is 4. The Morgan fingerprint density at radius 3 is 1.50 bits per heavy atom. The average molecular weight is 639 g/mol. The van der Waals surface area contributed by atoms with Gasteiger partial charge in [-0.25, -0.2) is 4.79 Å². The van der Waals surface area contributed by atoms with Gasteiger partial charge in [0.2, 0.25) is 0 Å². The molecule has 5 aromatic carbocycles. The van der Waals surface area contributed by atoms with Crippen LogP contribution in [0.3, 0.4) is 0 Å². The molecule has 7 nitrogen and oxygen atoms in total. The van der Waals surface area contributed by atoms with E-state index < -0.39 is 12.1 Å². The van der Waals surface area contributed by atoms with E-state index in [1.165, 1.54) is 12.2 Å². The van der Waals surface area contributed by atoms with E-state index in [0.29, 0.717) is 33.9 Å². The van der Waals surface area contributed by atoms with Gasteiger partial charge in [0.25, 0.3) is 0 Å². The summed E-state index contributed by atoms with van der Waals surface area (Å²) in [5.41, 5.74) is 3.25. The molecular formula is C41H34O7. The van der Waals surface area contributed by atoms with Crippen LogP contribution in [0.1, 0.15) is 42.2 Å². The Balaban J connectivity index is 1.20. The molecule has 0 amide bonds. The van der Waals surface area contributed by atoms with Gasteiger partial charge in [0.1, 0.15) is 30.5 Å². The van der Waals surface area contributed by atoms with Gasteiger partial charge in [-0.3, -0.25) is 9.59 Å². The number of hydrogen-bond acceptors (Lipinski definition) is 7. The van der Waals surface area contributed by atoms with Crippen LogP contribution in [0.5, 0.6) is 17.2 Å². The lowest BCUT2D eigenvalue weighted by Gasteiger charge is -2.19. The molecule has 0 radical (unpaired) electrons. The number of methoxy groups -OCH3 is 1. The Bertz CT molecular complexity index is 1840. The number of benzene rings is 5. The lowest BCUT2D eigenvalue weighted by Crippen LogP contribution is -2.31. The molecule has 1 atom stereocenters. The summed E-state index contributed by atoms with van der Waals surface area (Å²) in [6.45, 7) is 0.0238. The van der Waals surface area contributed by atoms with Crippen LogP contribution in [-0.2, 0) is 4.74 Å². The van der Waals surface area contributed by atoms with E-state index in [-0.39, 0.29) is 24.8 Å². The minimum atomic E-state index is -0.766. The van der Waals surface area contributed by atoms with Gasteiger partial charge in [-0.1, -0.05) is 84.9 Å². The fraction of sp³-hybridized carbons (Fsp3) is 0.0976. The number of carbonyl (C=O) groups excluding carboxylic acids is 3. The Morgan fingerprint density at radius 1 is 0.521 bits per heavy atom. The van der Waals surface area contributed by atoms with Crippen molar-refractivity contribution < 1.29 is 33.3 Å². The van der Waals surface area contributed by atoms with Gasteiger partial charge in [0.15, 0.2) is 17.7 Å². The highest BCUT2D eigenvalue weighted by molar-refractivity contribution is 6.07. The van der Waals surface area contributed by atoms with Gasteiger partial charge in [-0.2, -0.15) is 0 Å². The molecule has 0 unspecified atom stereocenters. The maximum Gasteiger partial charge on any atom is 0.338 e. The smallest absolute Gasteiger partial charge is 0.338 e. The summed E-state index contributed by atoms with van der Waals surface area (Å²) in [6.07, 6.45) is 5.81. The SMILES string of the molecule is COc1ccc(C(=O)O[C@H](COc2ccc(/C=C/C(=O)c3ccccc3)cc2)COc2ccc(C(=O)/C=C\c3ccccc3)cc2)cc1. The molecule has 0 spiro atoms. The molecule has 240 valence electrons. The fourth-order valence-corrected chi connectivity index (χ4v) is 4.53. The van der Waals surface area contributed by atoms with Crippen LogP contribution in [0, 0.1) is 0 Å². The number of ketones is 2. The summed E-state index contributed by atoms with van der Waals surface area (Å²) in [6, 6.07) is 39.2. The molecule has 0 aliphatic heterocycles. The van der Waals surface area contributed by atoms with Gasteiger partial charge >= 0.3 is 5.97 Å². The van der Waals surface area contributed by atoms with Gasteiger partial charge < -0.3 is 18.9 Å². The number of esters is 1. The van der Waals surface area contributed by atoms with Crippen molar-refractivity contribution in [3.05, 3.63) is 173 Å². The highest BCUT2D eigenvalue weighted by Crippen LogP contribution is 2.18. The molecular weight excluding hydrogens is 604 g/mol. The van der Waals surface area contributed by atoms with E-state index in [0.717, 1.165) is 11.1 Å². The van der Waals surface area contributed by atoms with Gasteiger partial charge in [-0.05, 0) is 83.9 Å². The number of allylic oxidation sites excluding steroid dienone is 2. The molecule has 0 saturated carbocycles. The zero-order chi connectivity index (χ0) is 33.6. The summed E-state index contributed by atoms with van der Waals surface area (Å²) < 4.78 is 22.9. The summed E-state index contributed by atoms with van der Waals surface area (Å²) in [5.74, 6) is 0.927. The van der Waals surface area contributed by atoms with Crippen LogP contribution < -0.4 is 14.2 Å². The van der Waals surface area contributed by atoms with Gasteiger partial charge in [0.05, 0.1) is 12.7 Å². The minimum Gasteiger partial charge on any atom is -0.497 e. The summed E-state index contributed by atoms with van der Waals surface area (Å²) in [7, 11) is 1.55. The van der Waals surface area contributed by atoms with Crippen molar-refractivity contribution in [1.29, 1.82) is 0 Å². The summed E-state index contributed by atoms with van der Waals surface area (Å²) in [4.78, 5) is 38.0. The van der Waals surface area contributed by atoms with Crippen LogP contribution in [0.25, 0.3) is 12.2 Å². The molecule has 5 aromatic rings. The standard InChI is InChI=1S/C41H34O7/c1-45-35-22-18-34(19-23-35)41(44)48-38(28-46-36-20-12-31(13-21-36)15-27-39(42)32-10-6-3-7-11-32)29-47-37-24-16-33(17-25-37)40(43)26-14-30-8-4-2-5-9-30/h2-27,38H,28-29H2,1H3/b26-14-,27-15+/t38-/m1/s1. The largest absolute Gasteiger partial charge is 0.497 e. The number of hydrogen-bond donors (Lipinski definition) is 0. The van der Waals surface area contributed by atoms with E-state index in [1.807, 2.05) is 60.7 Å². The molecule has 0 N–H and O–H groups in total. The molecule has 0 saturated heterocycles. The van der Waals surface area contributed by atoms with Crippen molar-refractivity contribution in [3.63, 3.8) is 0 Å². The second-order valence-corrected chi connectivity index (χ2v) is 10.6. The second kappa shape index (κ2) is 16.9. The van der Waals surface area contributed by atoms with Crippen LogP contribution >= 0.6 is 0 Å². The lowest BCUT2D eigenvalue weighted by molar-refractivity contribution is 0.00257. The molecule has 0 fully saturated rings. The van der Waals surface area contributed by atoms with E-state index in [9.17, 15) is 14.4 Å². The van der Waals surface area contributed by atoms with Crippen molar-refractivity contribution in [2.24, 2.45) is 0 Å². The molecule has 0 bridgehead atoms. The van der Waals surface area contributed by atoms with Crippen LogP contribution in [-0.4, -0.2) is 44.0 Å². The van der Waals surface area contributed by atoms with Crippen molar-refractivity contribution in [3.8, 4) is 17.2 Å². The Hall–Kier alpha value is -6.21. The molecule has 48 heavy (non-hydrogen) atoms. The zero-order valence-electron chi connectivity index (χ0n) is 26.4. The fourth-order valence-electron chi connectivity index (χ4n) is 4.53. The first-order valence-corrected chi connectivity index (χ1v) is 15.3. The van der Waals surface area contributed by atoms with E-state index in [2.05, 4.69) is 0 Å². The normalized spacial score (nSPS) is 11.6. The monoisotopic (exact) mass is 638 g/mol. The van der Waals surface area contributed by atoms with Crippen LogP contribution in [0.15, 0.2) is 146 Å². The third-order valence-electron chi connectivity index (χ3n) is 7.20. The second-order valence-electron chi connectivity index (χ2n) is 10.6. The Labute approximate surface area is 279 Å². The predicted molar refractivity (Wildman–Crippen MR) is 186 cm³/mol. The van der Waals surface area contributed by atoms with Crippen molar-refractivity contribution in [2.75, 3.05) is 20.3 Å². The third kappa shape index (κ3) is 9.89. The van der Waals surface area contributed by atoms with Crippen LogP contribution in [0.2, 0.25) is 0 Å². The molecule has 0 aliphatic carbocycles. The zero-order valence-corrected chi connectivity index (χ0v) is 26.4. The van der Waals surface area contributed by atoms with Gasteiger partial charge in [0, 0.05) is 11.1 Å². The highest BCUT2D eigenvalue weighted by Gasteiger charge is 2.19. The quantitative estimate of drug-likeness (QED) is 0.0649. The molecule has 0 aromatic heterocycles. The maximum atomic E-state index is 13.0. The van der Waals surface area contributed by atoms with Gasteiger partial charge in [-0.15, -0.1) is 0 Å². The van der Waals surface area contributed by atoms with E-state index in [4.69, 9.17) is 18.9 Å². The number of rotatable bonds is 15. The third-order valence-corrected chi connectivity index (χ3v) is 7.20. The van der Waals surface area contributed by atoms with Crippen molar-refractivity contribution >= 4 is 29.7 Å². The number of carbonyl (C=O) groups is 3. The van der Waals surface area contributed by atoms with Crippen LogP contribution in [0.4, 0.5) is 0 Å². The Kier molecular flexibility index (Phi) is 11.7. The first kappa shape index (κ1) is 33.2. The average Bonchev–Trinajstić information content (AvgIpc) is 3.15. The molecule has 7 heteroatoms. The molecule has 5 rings (SSSR count). The topological polar surface area (TPSA) is 88.1 Å². The first-order chi connectivity index (χ1) is 23.5. The Morgan fingerprint density at radius 2 is 0.958 bits per heavy atom. The van der Waals surface area contributed by atoms with Crippen molar-refractivity contribution in [2.45, 2.75) is 6.10 Å². The highest BCUT2D eigenvalue weighted by atomic mass is 16.6. The van der Waals surface area contributed by atoms with E-state index >= 15 is 0 Å². The van der Waals surface area contributed by atoms with Crippen molar-refractivity contribution in [1.82, 2.24) is 0 Å². The van der Waals surface area contributed by atoms with E-state index in [1.54, 1.807) is 92.1 Å². The molecule has 0 heterocycles.